The molecule has 288 valence electrons. The first-order valence-corrected chi connectivity index (χ1v) is 18.9. The minimum absolute atomic E-state index is 0.112. The van der Waals surface area contributed by atoms with Gasteiger partial charge in [0, 0.05) is 26.1 Å². The summed E-state index contributed by atoms with van der Waals surface area (Å²) in [6, 6.07) is -0.834. The molecule has 14 nitrogen and oxygen atoms in total. The molecule has 1 aromatic carbocycles. The molecule has 4 aliphatic heterocycles. The highest BCUT2D eigenvalue weighted by Gasteiger charge is 2.45. The normalized spacial score (nSPS) is 26.4. The summed E-state index contributed by atoms with van der Waals surface area (Å²) in [7, 11) is 0. The molecule has 0 unspecified atom stereocenters. The van der Waals surface area contributed by atoms with Crippen molar-refractivity contribution in [2.75, 3.05) is 26.2 Å². The van der Waals surface area contributed by atoms with E-state index in [9.17, 15) is 38.0 Å². The van der Waals surface area contributed by atoms with Crippen LogP contribution in [0.3, 0.4) is 0 Å². The number of cyclic esters (lactones) is 1. The molecule has 0 bridgehead atoms. The SMILES string of the molecule is CCCC/C=C/C(=O)N[C@@H](Cc1cccc(F)c1)C(=O)N[C@@H]1COC(=O)[C@@H]2CCCN2C(=O)[C@H](C)NC(=O)[C@H]2CCCCN2C(=O)[C@@H]2CCCN2C1=O. The molecule has 3 N–H and O–H groups in total. The van der Waals surface area contributed by atoms with Gasteiger partial charge in [0.15, 0.2) is 0 Å². The summed E-state index contributed by atoms with van der Waals surface area (Å²) < 4.78 is 19.8. The third-order valence-electron chi connectivity index (χ3n) is 10.4. The lowest BCUT2D eigenvalue weighted by Gasteiger charge is -2.39. The highest BCUT2D eigenvalue weighted by Crippen LogP contribution is 2.26. The average molecular weight is 739 g/mol. The van der Waals surface area contributed by atoms with Crippen molar-refractivity contribution in [2.24, 2.45) is 0 Å². The Bertz CT molecular complexity index is 1590. The second-order valence-electron chi connectivity index (χ2n) is 14.3. The molecule has 6 atom stereocenters. The monoisotopic (exact) mass is 738 g/mol. The van der Waals surface area contributed by atoms with Crippen molar-refractivity contribution in [1.82, 2.24) is 30.7 Å². The van der Waals surface area contributed by atoms with Crippen molar-refractivity contribution in [3.05, 3.63) is 47.8 Å². The molecule has 4 fully saturated rings. The van der Waals surface area contributed by atoms with E-state index in [1.54, 1.807) is 19.1 Å². The van der Waals surface area contributed by atoms with E-state index in [0.29, 0.717) is 63.5 Å². The van der Waals surface area contributed by atoms with E-state index in [-0.39, 0.29) is 19.5 Å². The first-order chi connectivity index (χ1) is 25.5. The van der Waals surface area contributed by atoms with Gasteiger partial charge in [-0.1, -0.05) is 38.0 Å². The number of hydrogen-bond donors (Lipinski definition) is 3. The minimum atomic E-state index is -1.47. The van der Waals surface area contributed by atoms with E-state index in [0.717, 1.165) is 12.8 Å². The van der Waals surface area contributed by atoms with Gasteiger partial charge < -0.3 is 35.4 Å². The Hall–Kier alpha value is -4.82. The van der Waals surface area contributed by atoms with E-state index < -0.39 is 90.1 Å². The number of nitrogens with one attached hydrogen (secondary N) is 3. The van der Waals surface area contributed by atoms with Crippen molar-refractivity contribution in [3.63, 3.8) is 0 Å². The number of carbonyl (C=O) groups is 7. The largest absolute Gasteiger partial charge is 0.461 e. The summed E-state index contributed by atoms with van der Waals surface area (Å²) in [4.78, 5) is 100. The van der Waals surface area contributed by atoms with Gasteiger partial charge in [0.1, 0.15) is 48.7 Å². The van der Waals surface area contributed by atoms with Crippen molar-refractivity contribution >= 4 is 41.4 Å². The third kappa shape index (κ3) is 9.79. The second-order valence-corrected chi connectivity index (χ2v) is 14.3. The fourth-order valence-electron chi connectivity index (χ4n) is 7.59. The van der Waals surface area contributed by atoms with Crippen LogP contribution >= 0.6 is 0 Å². The van der Waals surface area contributed by atoms with Crippen LogP contribution in [0.25, 0.3) is 0 Å². The van der Waals surface area contributed by atoms with Crippen molar-refractivity contribution in [1.29, 1.82) is 0 Å². The van der Waals surface area contributed by atoms with Crippen LogP contribution < -0.4 is 16.0 Å². The fourth-order valence-corrected chi connectivity index (χ4v) is 7.59. The van der Waals surface area contributed by atoms with E-state index in [1.807, 2.05) is 6.92 Å². The van der Waals surface area contributed by atoms with Crippen LogP contribution in [0.4, 0.5) is 4.39 Å². The number of nitrogens with zero attached hydrogens (tertiary/aromatic N) is 3. The van der Waals surface area contributed by atoms with Crippen molar-refractivity contribution < 1.29 is 42.7 Å². The van der Waals surface area contributed by atoms with Gasteiger partial charge in [-0.15, -0.1) is 0 Å². The lowest BCUT2D eigenvalue weighted by molar-refractivity contribution is -0.158. The van der Waals surface area contributed by atoms with Crippen LogP contribution in [0.5, 0.6) is 0 Å². The maximum Gasteiger partial charge on any atom is 0.328 e. The molecule has 4 aliphatic rings. The predicted molar refractivity (Wildman–Crippen MR) is 190 cm³/mol. The van der Waals surface area contributed by atoms with E-state index in [2.05, 4.69) is 16.0 Å². The maximum absolute atomic E-state index is 14.4. The summed E-state index contributed by atoms with van der Waals surface area (Å²) >= 11 is 0. The summed E-state index contributed by atoms with van der Waals surface area (Å²) in [5.74, 6) is -4.67. The van der Waals surface area contributed by atoms with Gasteiger partial charge in [-0.3, -0.25) is 28.8 Å². The number of unbranched alkanes of at least 4 members (excludes halogenated alkanes) is 2. The second kappa shape index (κ2) is 18.3. The Morgan fingerprint density at radius 2 is 1.60 bits per heavy atom. The summed E-state index contributed by atoms with van der Waals surface area (Å²) in [5.41, 5.74) is 0.418. The van der Waals surface area contributed by atoms with Crippen molar-refractivity contribution in [3.8, 4) is 0 Å². The van der Waals surface area contributed by atoms with E-state index >= 15 is 0 Å². The molecule has 1 aromatic rings. The molecule has 5 rings (SSSR count). The van der Waals surface area contributed by atoms with Crippen LogP contribution in [0.2, 0.25) is 0 Å². The molecule has 0 aliphatic carbocycles. The zero-order valence-corrected chi connectivity index (χ0v) is 30.5. The van der Waals surface area contributed by atoms with Gasteiger partial charge >= 0.3 is 5.97 Å². The van der Waals surface area contributed by atoms with Crippen LogP contribution in [0.1, 0.15) is 83.6 Å². The number of benzene rings is 1. The number of piperidine rings is 1. The Kier molecular flexibility index (Phi) is 13.6. The van der Waals surface area contributed by atoms with Gasteiger partial charge in [0.05, 0.1) is 0 Å². The predicted octanol–water partition coefficient (Wildman–Crippen LogP) is 1.51. The first kappa shape index (κ1) is 39.4. The van der Waals surface area contributed by atoms with Crippen molar-refractivity contribution in [2.45, 2.75) is 121 Å². The van der Waals surface area contributed by atoms with Gasteiger partial charge in [0.2, 0.25) is 35.4 Å². The molecule has 15 heteroatoms. The topological polar surface area (TPSA) is 175 Å². The Morgan fingerprint density at radius 1 is 0.925 bits per heavy atom. The number of fused-ring (bicyclic) bond motifs is 3. The molecule has 4 saturated heterocycles. The number of ether oxygens (including phenoxy) is 1. The van der Waals surface area contributed by atoms with E-state index in [4.69, 9.17) is 4.74 Å². The Balaban J connectivity index is 1.45. The van der Waals surface area contributed by atoms with Gasteiger partial charge in [0.25, 0.3) is 0 Å². The van der Waals surface area contributed by atoms with E-state index in [1.165, 1.54) is 39.0 Å². The van der Waals surface area contributed by atoms with Crippen LogP contribution in [0, 0.1) is 5.82 Å². The molecule has 0 saturated carbocycles. The van der Waals surface area contributed by atoms with Gasteiger partial charge in [-0.25, -0.2) is 9.18 Å². The number of carbonyl (C=O) groups excluding carboxylic acids is 7. The number of rotatable bonds is 9. The lowest BCUT2D eigenvalue weighted by atomic mass is 9.99. The number of amides is 6. The Morgan fingerprint density at radius 3 is 2.34 bits per heavy atom. The molecule has 0 radical (unpaired) electrons. The maximum atomic E-state index is 14.4. The summed E-state index contributed by atoms with van der Waals surface area (Å²) in [6.45, 7) is 3.71. The molecular formula is C38H51FN6O8. The molecule has 0 aromatic heterocycles. The van der Waals surface area contributed by atoms with Crippen LogP contribution in [-0.4, -0.2) is 119 Å². The summed E-state index contributed by atoms with van der Waals surface area (Å²) in [5, 5.41) is 8.09. The quantitative estimate of drug-likeness (QED) is 0.194. The first-order valence-electron chi connectivity index (χ1n) is 18.9. The average Bonchev–Trinajstić information content (AvgIpc) is 3.84. The fraction of sp³-hybridized carbons (Fsp3) is 0.605. The number of halogens is 1. The summed E-state index contributed by atoms with van der Waals surface area (Å²) in [6.07, 6.45) is 8.76. The zero-order chi connectivity index (χ0) is 38.1. The number of esters is 1. The standard InChI is InChI=1S/C38H51FN6O8/c1-3-4-5-6-17-32(46)41-27(22-25-12-9-13-26(39)21-25)33(47)42-28-23-53-38(52)31-16-11-20-45(31)35(49)24(2)40-34(48)29-14-7-8-18-43(29)37(51)30-15-10-19-44(30)36(28)50/h6,9,12-13,17,21,24,27-31H,3-5,7-8,10-11,14-16,18-20,22-23H2,1-2H3,(H,40,48)(H,41,46)(H,42,47)/b17-6+/t24-,27-,28+,29+,30-,31-/m0/s1. The highest BCUT2D eigenvalue weighted by molar-refractivity contribution is 5.98. The Labute approximate surface area is 309 Å². The van der Waals surface area contributed by atoms with Gasteiger partial charge in [-0.05, 0) is 82.1 Å². The minimum Gasteiger partial charge on any atom is -0.461 e. The highest BCUT2D eigenvalue weighted by atomic mass is 19.1. The number of allylic oxidation sites excluding steroid dienone is 1. The zero-order valence-electron chi connectivity index (χ0n) is 30.5. The molecule has 53 heavy (non-hydrogen) atoms. The lowest BCUT2D eigenvalue weighted by Crippen LogP contribution is -2.62. The smallest absolute Gasteiger partial charge is 0.328 e. The van der Waals surface area contributed by atoms with Crippen LogP contribution in [-0.2, 0) is 44.7 Å². The molecule has 0 spiro atoms. The van der Waals surface area contributed by atoms with Crippen LogP contribution in [0.15, 0.2) is 36.4 Å². The van der Waals surface area contributed by atoms with Gasteiger partial charge in [-0.2, -0.15) is 0 Å². The molecule has 6 amide bonds. The third-order valence-corrected chi connectivity index (χ3v) is 10.4. The number of hydrogen-bond acceptors (Lipinski definition) is 8. The molecule has 4 heterocycles. The molecular weight excluding hydrogens is 687 g/mol.